The van der Waals surface area contributed by atoms with E-state index in [-0.39, 0.29) is 18.6 Å². The second-order valence-electron chi connectivity index (χ2n) is 7.52. The van der Waals surface area contributed by atoms with Crippen molar-refractivity contribution in [1.82, 2.24) is 9.80 Å². The number of hydrogen-bond donors (Lipinski definition) is 0. The van der Waals surface area contributed by atoms with E-state index in [1.54, 1.807) is 0 Å². The Balaban J connectivity index is 1.67. The van der Waals surface area contributed by atoms with Gasteiger partial charge in [0, 0.05) is 32.2 Å². The smallest absolute Gasteiger partial charge is 0.261 e. The number of rotatable bonds is 9. The average molecular weight is 397 g/mol. The lowest BCUT2D eigenvalue weighted by molar-refractivity contribution is -0.136. The molecular weight excluding hydrogens is 364 g/mol. The highest BCUT2D eigenvalue weighted by molar-refractivity contribution is 5.78. The monoisotopic (exact) mass is 396 g/mol. The zero-order valence-corrected chi connectivity index (χ0v) is 17.5. The highest BCUT2D eigenvalue weighted by Crippen LogP contribution is 2.19. The van der Waals surface area contributed by atoms with Crippen molar-refractivity contribution in [2.45, 2.75) is 32.9 Å². The Hall–Kier alpha value is -2.37. The summed E-state index contributed by atoms with van der Waals surface area (Å²) in [5, 5.41) is 0. The van der Waals surface area contributed by atoms with Crippen LogP contribution in [0.1, 0.15) is 25.0 Å². The van der Waals surface area contributed by atoms with Crippen LogP contribution < -0.4 is 4.74 Å². The molecular formula is C24H32N2O3. The van der Waals surface area contributed by atoms with E-state index in [1.165, 1.54) is 0 Å². The lowest BCUT2D eigenvalue weighted by Crippen LogP contribution is -2.49. The van der Waals surface area contributed by atoms with Crippen molar-refractivity contribution in [1.29, 1.82) is 0 Å². The fourth-order valence-electron chi connectivity index (χ4n) is 3.69. The predicted molar refractivity (Wildman–Crippen MR) is 115 cm³/mol. The molecule has 1 heterocycles. The van der Waals surface area contributed by atoms with Gasteiger partial charge in [0.15, 0.2) is 6.61 Å². The number of morpholine rings is 1. The van der Waals surface area contributed by atoms with Gasteiger partial charge in [-0.2, -0.15) is 0 Å². The summed E-state index contributed by atoms with van der Waals surface area (Å²) < 4.78 is 11.4. The van der Waals surface area contributed by atoms with Crippen molar-refractivity contribution < 1.29 is 14.3 Å². The minimum absolute atomic E-state index is 0.0144. The zero-order chi connectivity index (χ0) is 20.5. The van der Waals surface area contributed by atoms with Crippen molar-refractivity contribution >= 4 is 5.91 Å². The summed E-state index contributed by atoms with van der Waals surface area (Å²) >= 11 is 0. The van der Waals surface area contributed by atoms with Crippen LogP contribution >= 0.6 is 0 Å². The molecule has 1 unspecified atom stereocenters. The lowest BCUT2D eigenvalue weighted by atomic mass is 10.1. The van der Waals surface area contributed by atoms with E-state index in [0.717, 1.165) is 56.1 Å². The third kappa shape index (κ3) is 6.31. The maximum atomic E-state index is 13.2. The molecule has 1 atom stereocenters. The average Bonchev–Trinajstić information content (AvgIpc) is 2.77. The first-order valence-corrected chi connectivity index (χ1v) is 10.5. The Kier molecular flexibility index (Phi) is 8.08. The second kappa shape index (κ2) is 11.0. The molecule has 5 nitrogen and oxygen atoms in total. The van der Waals surface area contributed by atoms with E-state index in [9.17, 15) is 4.79 Å². The number of benzene rings is 2. The summed E-state index contributed by atoms with van der Waals surface area (Å²) in [6.45, 7) is 9.05. The molecule has 0 bridgehead atoms. The van der Waals surface area contributed by atoms with E-state index in [0.29, 0.717) is 6.54 Å². The van der Waals surface area contributed by atoms with Crippen molar-refractivity contribution in [2.24, 2.45) is 0 Å². The quantitative estimate of drug-likeness (QED) is 0.652. The molecule has 0 aromatic heterocycles. The molecule has 1 amide bonds. The molecule has 1 aliphatic rings. The maximum absolute atomic E-state index is 13.2. The Morgan fingerprint density at radius 1 is 1.10 bits per heavy atom. The molecule has 1 saturated heterocycles. The first-order valence-electron chi connectivity index (χ1n) is 10.5. The van der Waals surface area contributed by atoms with Crippen LogP contribution in [0.15, 0.2) is 54.6 Å². The van der Waals surface area contributed by atoms with Gasteiger partial charge in [0.2, 0.25) is 0 Å². The van der Waals surface area contributed by atoms with Gasteiger partial charge in [-0.15, -0.1) is 0 Å². The summed E-state index contributed by atoms with van der Waals surface area (Å²) in [6.07, 6.45) is 0.880. The summed E-state index contributed by atoms with van der Waals surface area (Å²) in [5.41, 5.74) is 2.25. The molecule has 0 radical (unpaired) electrons. The number of nitrogens with zero attached hydrogens (tertiary/aromatic N) is 2. The molecule has 1 fully saturated rings. The van der Waals surface area contributed by atoms with Crippen molar-refractivity contribution in [3.63, 3.8) is 0 Å². The summed E-state index contributed by atoms with van der Waals surface area (Å²) in [6, 6.07) is 18.2. The van der Waals surface area contributed by atoms with Crippen LogP contribution in [0.5, 0.6) is 5.75 Å². The van der Waals surface area contributed by atoms with E-state index >= 15 is 0 Å². The van der Waals surface area contributed by atoms with Gasteiger partial charge in [-0.25, -0.2) is 0 Å². The van der Waals surface area contributed by atoms with Gasteiger partial charge in [-0.3, -0.25) is 9.69 Å². The summed E-state index contributed by atoms with van der Waals surface area (Å²) in [5.74, 6) is 0.810. The van der Waals surface area contributed by atoms with Crippen LogP contribution in [0.2, 0.25) is 0 Å². The van der Waals surface area contributed by atoms with E-state index in [2.05, 4.69) is 30.9 Å². The highest BCUT2D eigenvalue weighted by Gasteiger charge is 2.24. The van der Waals surface area contributed by atoms with Gasteiger partial charge in [0.05, 0.1) is 13.2 Å². The van der Waals surface area contributed by atoms with Crippen LogP contribution in [0.4, 0.5) is 0 Å². The van der Waals surface area contributed by atoms with Crippen LogP contribution in [-0.2, 0) is 22.5 Å². The summed E-state index contributed by atoms with van der Waals surface area (Å²) in [7, 11) is 0. The van der Waals surface area contributed by atoms with E-state index in [4.69, 9.17) is 9.47 Å². The van der Waals surface area contributed by atoms with Crippen molar-refractivity contribution in [3.05, 3.63) is 65.7 Å². The summed E-state index contributed by atoms with van der Waals surface area (Å²) in [4.78, 5) is 17.5. The van der Waals surface area contributed by atoms with Gasteiger partial charge in [0.25, 0.3) is 5.91 Å². The molecule has 2 aromatic carbocycles. The number of hydrogen-bond acceptors (Lipinski definition) is 4. The van der Waals surface area contributed by atoms with Gasteiger partial charge < -0.3 is 14.4 Å². The minimum Gasteiger partial charge on any atom is -0.483 e. The fourth-order valence-corrected chi connectivity index (χ4v) is 3.69. The Morgan fingerprint density at radius 2 is 1.79 bits per heavy atom. The lowest BCUT2D eigenvalue weighted by Gasteiger charge is -2.35. The Bertz CT molecular complexity index is 760. The molecule has 3 rings (SSSR count). The second-order valence-corrected chi connectivity index (χ2v) is 7.52. The maximum Gasteiger partial charge on any atom is 0.261 e. The molecule has 0 N–H and O–H groups in total. The van der Waals surface area contributed by atoms with Crippen molar-refractivity contribution in [3.8, 4) is 5.75 Å². The number of carbonyl (C=O) groups is 1. The topological polar surface area (TPSA) is 42.0 Å². The van der Waals surface area contributed by atoms with E-state index < -0.39 is 0 Å². The third-order valence-electron chi connectivity index (χ3n) is 5.38. The third-order valence-corrected chi connectivity index (χ3v) is 5.38. The molecule has 2 aromatic rings. The number of para-hydroxylation sites is 1. The molecule has 29 heavy (non-hydrogen) atoms. The highest BCUT2D eigenvalue weighted by atomic mass is 16.5. The fraction of sp³-hybridized carbons (Fsp3) is 0.458. The van der Waals surface area contributed by atoms with Crippen LogP contribution in [0.3, 0.4) is 0 Å². The zero-order valence-electron chi connectivity index (χ0n) is 17.5. The number of carbonyl (C=O) groups excluding carboxylic acids is 1. The Morgan fingerprint density at radius 3 is 2.52 bits per heavy atom. The largest absolute Gasteiger partial charge is 0.483 e. The molecule has 1 aliphatic heterocycles. The molecule has 0 spiro atoms. The standard InChI is InChI=1S/C24H32N2O3/c1-3-22-11-7-8-12-23(22)29-19-24(27)26(18-21-9-5-4-6-10-21)20(2)17-25-13-15-28-16-14-25/h4-12,20H,3,13-19H2,1-2H3. The molecule has 0 aliphatic carbocycles. The van der Waals surface area contributed by atoms with Gasteiger partial charge in [-0.1, -0.05) is 55.5 Å². The SMILES string of the molecule is CCc1ccccc1OCC(=O)N(Cc1ccccc1)C(C)CN1CCOCC1. The molecule has 0 saturated carbocycles. The van der Waals surface area contributed by atoms with E-state index in [1.807, 2.05) is 47.4 Å². The normalized spacial score (nSPS) is 15.7. The minimum atomic E-state index is 0.0144. The Labute approximate surface area is 174 Å². The molecule has 5 heteroatoms. The first kappa shape index (κ1) is 21.3. The predicted octanol–water partition coefficient (Wildman–Crippen LogP) is 3.38. The molecule has 156 valence electrons. The van der Waals surface area contributed by atoms with Gasteiger partial charge >= 0.3 is 0 Å². The number of ether oxygens (including phenoxy) is 2. The van der Waals surface area contributed by atoms with Gasteiger partial charge in [0.1, 0.15) is 5.75 Å². The first-order chi connectivity index (χ1) is 14.2. The number of amides is 1. The van der Waals surface area contributed by atoms with Crippen LogP contribution in [0, 0.1) is 0 Å². The van der Waals surface area contributed by atoms with Crippen LogP contribution in [-0.4, -0.2) is 61.2 Å². The number of aryl methyl sites for hydroxylation is 1. The van der Waals surface area contributed by atoms with Gasteiger partial charge in [-0.05, 0) is 30.5 Å². The van der Waals surface area contributed by atoms with Crippen molar-refractivity contribution in [2.75, 3.05) is 39.5 Å². The van der Waals surface area contributed by atoms with Crippen LogP contribution in [0.25, 0.3) is 0 Å².